The van der Waals surface area contributed by atoms with Crippen molar-refractivity contribution >= 4 is 5.71 Å². The van der Waals surface area contributed by atoms with E-state index >= 15 is 0 Å². The standard InChI is InChI=1S/C6H8N2/c1-3-4-6(5-7)8-2/h3-4H,1-2H3/b4-3-,8-6+. The van der Waals surface area contributed by atoms with Crippen LogP contribution in [0, 0.1) is 11.3 Å². The Morgan fingerprint density at radius 2 is 2.38 bits per heavy atom. The van der Waals surface area contributed by atoms with Crippen LogP contribution in [0.2, 0.25) is 0 Å². The van der Waals surface area contributed by atoms with Crippen LogP contribution in [0.15, 0.2) is 17.1 Å². The van der Waals surface area contributed by atoms with E-state index < -0.39 is 0 Å². The van der Waals surface area contributed by atoms with E-state index in [1.54, 1.807) is 19.2 Å². The quantitative estimate of drug-likeness (QED) is 0.464. The first-order valence-electron chi connectivity index (χ1n) is 2.34. The van der Waals surface area contributed by atoms with E-state index in [1.165, 1.54) is 0 Å². The fourth-order valence-corrected chi connectivity index (χ4v) is 0.320. The number of hydrogen-bond acceptors (Lipinski definition) is 2. The van der Waals surface area contributed by atoms with Gasteiger partial charge in [0, 0.05) is 7.05 Å². The van der Waals surface area contributed by atoms with Crippen LogP contribution in [-0.4, -0.2) is 12.8 Å². The Morgan fingerprint density at radius 1 is 1.75 bits per heavy atom. The minimum atomic E-state index is 0.465. The topological polar surface area (TPSA) is 36.1 Å². The molecule has 0 heterocycles. The van der Waals surface area contributed by atoms with Gasteiger partial charge < -0.3 is 0 Å². The second kappa shape index (κ2) is 4.07. The molecule has 0 aliphatic carbocycles. The molecule has 0 atom stereocenters. The summed E-state index contributed by atoms with van der Waals surface area (Å²) < 4.78 is 0. The molecule has 0 unspecified atom stereocenters. The van der Waals surface area contributed by atoms with Gasteiger partial charge in [-0.1, -0.05) is 6.08 Å². The zero-order valence-electron chi connectivity index (χ0n) is 5.05. The summed E-state index contributed by atoms with van der Waals surface area (Å²) in [4.78, 5) is 3.66. The van der Waals surface area contributed by atoms with Crippen LogP contribution in [-0.2, 0) is 0 Å². The highest BCUT2D eigenvalue weighted by Crippen LogP contribution is 1.76. The Kier molecular flexibility index (Phi) is 3.51. The van der Waals surface area contributed by atoms with E-state index in [0.717, 1.165) is 0 Å². The molecule has 0 aromatic carbocycles. The van der Waals surface area contributed by atoms with Crippen molar-refractivity contribution in [2.75, 3.05) is 7.05 Å². The maximum absolute atomic E-state index is 8.23. The Balaban J connectivity index is 3.98. The number of nitriles is 1. The molecule has 0 saturated heterocycles. The summed E-state index contributed by atoms with van der Waals surface area (Å²) in [6.07, 6.45) is 3.45. The molecule has 42 valence electrons. The second-order valence-electron chi connectivity index (χ2n) is 1.22. The molecule has 2 heteroatoms. The molecule has 0 spiro atoms. The van der Waals surface area contributed by atoms with Crippen LogP contribution >= 0.6 is 0 Å². The van der Waals surface area contributed by atoms with Crippen LogP contribution < -0.4 is 0 Å². The van der Waals surface area contributed by atoms with Crippen LogP contribution in [0.4, 0.5) is 0 Å². The third-order valence-electron chi connectivity index (χ3n) is 0.680. The molecular formula is C6H8N2. The third kappa shape index (κ3) is 2.14. The number of rotatable bonds is 1. The van der Waals surface area contributed by atoms with Crippen molar-refractivity contribution in [3.63, 3.8) is 0 Å². The molecule has 0 amide bonds. The van der Waals surface area contributed by atoms with Gasteiger partial charge >= 0.3 is 0 Å². The van der Waals surface area contributed by atoms with Crippen molar-refractivity contribution in [3.8, 4) is 6.07 Å². The van der Waals surface area contributed by atoms with Gasteiger partial charge in [-0.2, -0.15) is 5.26 Å². The summed E-state index contributed by atoms with van der Waals surface area (Å²) in [5.74, 6) is 0. The number of nitrogens with zero attached hydrogens (tertiary/aromatic N) is 2. The summed E-state index contributed by atoms with van der Waals surface area (Å²) in [7, 11) is 1.60. The maximum Gasteiger partial charge on any atom is 0.134 e. The summed E-state index contributed by atoms with van der Waals surface area (Å²) in [5.41, 5.74) is 0.465. The lowest BCUT2D eigenvalue weighted by Gasteiger charge is -1.77. The fourth-order valence-electron chi connectivity index (χ4n) is 0.320. The molecule has 8 heavy (non-hydrogen) atoms. The summed E-state index contributed by atoms with van der Waals surface area (Å²) in [6, 6.07) is 1.92. The molecule has 0 rings (SSSR count). The fraction of sp³-hybridized carbons (Fsp3) is 0.333. The minimum absolute atomic E-state index is 0.465. The molecule has 0 aliphatic heterocycles. The highest BCUT2D eigenvalue weighted by atomic mass is 14.7. The molecule has 0 fully saturated rings. The van der Waals surface area contributed by atoms with E-state index in [0.29, 0.717) is 5.71 Å². The molecule has 0 aromatic rings. The smallest absolute Gasteiger partial charge is 0.134 e. The molecule has 0 radical (unpaired) electrons. The average molecular weight is 108 g/mol. The van der Waals surface area contributed by atoms with E-state index in [9.17, 15) is 0 Å². The molecule has 0 saturated carbocycles. The first-order chi connectivity index (χ1) is 3.85. The first kappa shape index (κ1) is 6.90. The van der Waals surface area contributed by atoms with Crippen LogP contribution in [0.25, 0.3) is 0 Å². The Labute approximate surface area is 49.2 Å². The van der Waals surface area contributed by atoms with Gasteiger partial charge in [0.15, 0.2) is 0 Å². The molecular weight excluding hydrogens is 100 g/mol. The molecule has 0 aromatic heterocycles. The predicted molar refractivity (Wildman–Crippen MR) is 33.8 cm³/mol. The predicted octanol–water partition coefficient (Wildman–Crippen LogP) is 1.16. The van der Waals surface area contributed by atoms with Crippen LogP contribution in [0.1, 0.15) is 6.92 Å². The highest BCUT2D eigenvalue weighted by molar-refractivity contribution is 6.06. The van der Waals surface area contributed by atoms with Crippen LogP contribution in [0.3, 0.4) is 0 Å². The number of allylic oxidation sites excluding steroid dienone is 2. The van der Waals surface area contributed by atoms with Crippen molar-refractivity contribution < 1.29 is 0 Å². The van der Waals surface area contributed by atoms with Gasteiger partial charge in [0.1, 0.15) is 11.8 Å². The van der Waals surface area contributed by atoms with E-state index in [4.69, 9.17) is 5.26 Å². The largest absolute Gasteiger partial charge is 0.278 e. The average Bonchev–Trinajstić information content (AvgIpc) is 1.83. The van der Waals surface area contributed by atoms with Gasteiger partial charge in [0.25, 0.3) is 0 Å². The monoisotopic (exact) mass is 108 g/mol. The van der Waals surface area contributed by atoms with Crippen molar-refractivity contribution in [1.29, 1.82) is 5.26 Å². The van der Waals surface area contributed by atoms with Gasteiger partial charge in [0.2, 0.25) is 0 Å². The molecule has 0 aliphatic rings. The van der Waals surface area contributed by atoms with Gasteiger partial charge in [-0.25, -0.2) is 0 Å². The van der Waals surface area contributed by atoms with Gasteiger partial charge in [0.05, 0.1) is 0 Å². The van der Waals surface area contributed by atoms with Crippen molar-refractivity contribution in [2.24, 2.45) is 4.99 Å². The van der Waals surface area contributed by atoms with E-state index in [1.807, 2.05) is 13.0 Å². The zero-order valence-corrected chi connectivity index (χ0v) is 5.05. The lowest BCUT2D eigenvalue weighted by Crippen LogP contribution is -1.84. The Bertz CT molecular complexity index is 148. The summed E-state index contributed by atoms with van der Waals surface area (Å²) in [6.45, 7) is 1.85. The third-order valence-corrected chi connectivity index (χ3v) is 0.680. The SMILES string of the molecule is C/C=C\C(C#N)=N/C. The van der Waals surface area contributed by atoms with Gasteiger partial charge in [-0.05, 0) is 13.0 Å². The lowest BCUT2D eigenvalue weighted by molar-refractivity contribution is 1.44. The minimum Gasteiger partial charge on any atom is -0.278 e. The van der Waals surface area contributed by atoms with Gasteiger partial charge in [-0.15, -0.1) is 0 Å². The molecule has 2 nitrogen and oxygen atoms in total. The van der Waals surface area contributed by atoms with E-state index in [-0.39, 0.29) is 0 Å². The normalized spacial score (nSPS) is 11.9. The van der Waals surface area contributed by atoms with Crippen molar-refractivity contribution in [3.05, 3.63) is 12.2 Å². The van der Waals surface area contributed by atoms with Crippen molar-refractivity contribution in [2.45, 2.75) is 6.92 Å². The van der Waals surface area contributed by atoms with Gasteiger partial charge in [-0.3, -0.25) is 4.99 Å². The van der Waals surface area contributed by atoms with Crippen molar-refractivity contribution in [1.82, 2.24) is 0 Å². The van der Waals surface area contributed by atoms with E-state index in [2.05, 4.69) is 4.99 Å². The second-order valence-corrected chi connectivity index (χ2v) is 1.22. The summed E-state index contributed by atoms with van der Waals surface area (Å²) in [5, 5.41) is 8.23. The number of aliphatic imine (C=N–C) groups is 1. The Hall–Kier alpha value is -1.10. The zero-order chi connectivity index (χ0) is 6.41. The maximum atomic E-state index is 8.23. The number of hydrogen-bond donors (Lipinski definition) is 0. The Morgan fingerprint density at radius 3 is 2.50 bits per heavy atom. The molecule has 0 bridgehead atoms. The lowest BCUT2D eigenvalue weighted by atomic mass is 10.4. The molecule has 0 N–H and O–H groups in total. The first-order valence-corrected chi connectivity index (χ1v) is 2.34. The summed E-state index contributed by atoms with van der Waals surface area (Å²) >= 11 is 0. The highest BCUT2D eigenvalue weighted by Gasteiger charge is 1.81. The van der Waals surface area contributed by atoms with Crippen LogP contribution in [0.5, 0.6) is 0 Å².